The van der Waals surface area contributed by atoms with Crippen LogP contribution in [0, 0.1) is 0 Å². The van der Waals surface area contributed by atoms with E-state index >= 15 is 0 Å². The van der Waals surface area contributed by atoms with Crippen molar-refractivity contribution in [1.29, 1.82) is 0 Å². The molecule has 0 atom stereocenters. The molecule has 7 rings (SSSR count). The summed E-state index contributed by atoms with van der Waals surface area (Å²) in [7, 11) is 0. The van der Waals surface area contributed by atoms with Gasteiger partial charge >= 0.3 is 5.91 Å². The van der Waals surface area contributed by atoms with Gasteiger partial charge in [-0.2, -0.15) is 9.80 Å². The zero-order valence-corrected chi connectivity index (χ0v) is 19.0. The summed E-state index contributed by atoms with van der Waals surface area (Å²) in [6.07, 6.45) is 5.82. The molecule has 1 spiro atoms. The monoisotopic (exact) mass is 442 g/mol. The lowest BCUT2D eigenvalue weighted by Gasteiger charge is -2.48. The van der Waals surface area contributed by atoms with E-state index in [9.17, 15) is 0 Å². The fourth-order valence-corrected chi connectivity index (χ4v) is 5.83. The predicted molar refractivity (Wildman–Crippen MR) is 138 cm³/mol. The van der Waals surface area contributed by atoms with Gasteiger partial charge in [-0.05, 0) is 48.5 Å². The molecule has 0 N–H and O–H groups in total. The maximum absolute atomic E-state index is 2.53. The molecule has 4 nitrogen and oxygen atoms in total. The Balaban J connectivity index is 1.62. The number of hydrogen-bond acceptors (Lipinski definition) is 2. The molecule has 3 aliphatic rings. The van der Waals surface area contributed by atoms with E-state index in [-0.39, 0.29) is 0 Å². The van der Waals surface area contributed by atoms with Gasteiger partial charge in [-0.1, -0.05) is 60.7 Å². The number of para-hydroxylation sites is 4. The van der Waals surface area contributed by atoms with Gasteiger partial charge in [-0.25, -0.2) is 0 Å². The van der Waals surface area contributed by atoms with Crippen LogP contribution in [-0.2, 0) is 0 Å². The average Bonchev–Trinajstić information content (AvgIpc) is 2.90. The van der Waals surface area contributed by atoms with E-state index < -0.39 is 5.91 Å². The van der Waals surface area contributed by atoms with Crippen molar-refractivity contribution in [2.45, 2.75) is 12.3 Å². The van der Waals surface area contributed by atoms with E-state index in [0.717, 1.165) is 19.5 Å². The van der Waals surface area contributed by atoms with Crippen molar-refractivity contribution >= 4 is 35.2 Å². The Morgan fingerprint density at radius 1 is 0.500 bits per heavy atom. The molecule has 4 heteroatoms. The number of nitrogens with zero attached hydrogens (tertiary/aromatic N) is 4. The van der Waals surface area contributed by atoms with Crippen molar-refractivity contribution in [1.82, 2.24) is 0 Å². The van der Waals surface area contributed by atoms with Gasteiger partial charge in [-0.3, -0.25) is 0 Å². The molecule has 4 aromatic carbocycles. The molecule has 0 amide bonds. The Labute approximate surface area is 200 Å². The molecule has 4 aromatic rings. The first-order valence-electron chi connectivity index (χ1n) is 12.0. The SMILES string of the molecule is C1=[N+]2CCC[N+]3=Cc4ccccc4N(c4ccccc4)C23N(c2ccccc2)c2ccccc21. The van der Waals surface area contributed by atoms with Crippen molar-refractivity contribution in [3.8, 4) is 0 Å². The highest BCUT2D eigenvalue weighted by Crippen LogP contribution is 2.48. The van der Waals surface area contributed by atoms with Gasteiger partial charge in [0.1, 0.15) is 0 Å². The minimum Gasteiger partial charge on any atom is -0.200 e. The standard InChI is InChI=1S/C30H26N4/c1-3-14-26(15-4-1)33-28-18-9-7-12-24(28)22-31-20-11-21-32-23-25-13-8-10-19-29(25)34(30(31,32)33)27-16-5-2-6-17-27/h1-10,12-19,22-23H,11,20-21H2/q+2. The summed E-state index contributed by atoms with van der Waals surface area (Å²) in [6.45, 7) is 1.96. The number of fused-ring (bicyclic) bond motifs is 2. The fraction of sp³-hybridized carbons (Fsp3) is 0.133. The molecule has 34 heavy (non-hydrogen) atoms. The van der Waals surface area contributed by atoms with E-state index in [2.05, 4.69) is 141 Å². The molecule has 0 saturated carbocycles. The Morgan fingerprint density at radius 3 is 1.38 bits per heavy atom. The highest BCUT2D eigenvalue weighted by Gasteiger charge is 2.69. The second kappa shape index (κ2) is 7.42. The first-order valence-corrected chi connectivity index (χ1v) is 12.0. The second-order valence-electron chi connectivity index (χ2n) is 9.06. The van der Waals surface area contributed by atoms with Crippen LogP contribution in [0.5, 0.6) is 0 Å². The highest BCUT2D eigenvalue weighted by atomic mass is 15.7. The van der Waals surface area contributed by atoms with Gasteiger partial charge in [0, 0.05) is 0 Å². The quantitative estimate of drug-likeness (QED) is 0.377. The van der Waals surface area contributed by atoms with E-state index in [1.54, 1.807) is 0 Å². The van der Waals surface area contributed by atoms with Gasteiger partial charge < -0.3 is 0 Å². The van der Waals surface area contributed by atoms with Crippen LogP contribution in [0.4, 0.5) is 22.7 Å². The normalized spacial score (nSPS) is 17.5. The smallest absolute Gasteiger partial charge is 0.200 e. The molecular formula is C30H26N4+2. The van der Waals surface area contributed by atoms with E-state index in [1.165, 1.54) is 33.9 Å². The molecule has 1 saturated heterocycles. The topological polar surface area (TPSA) is 12.5 Å². The van der Waals surface area contributed by atoms with E-state index in [1.807, 2.05) is 0 Å². The molecule has 0 aromatic heterocycles. The van der Waals surface area contributed by atoms with Crippen molar-refractivity contribution < 1.29 is 9.15 Å². The summed E-state index contributed by atoms with van der Waals surface area (Å²) in [6, 6.07) is 39.2. The molecule has 1 fully saturated rings. The lowest BCUT2D eigenvalue weighted by molar-refractivity contribution is -0.841. The number of benzene rings is 4. The Bertz CT molecular complexity index is 1330. The molecule has 0 radical (unpaired) electrons. The molecular weight excluding hydrogens is 416 g/mol. The van der Waals surface area contributed by atoms with Crippen LogP contribution in [-0.4, -0.2) is 40.6 Å². The van der Waals surface area contributed by atoms with Gasteiger partial charge in [0.05, 0.1) is 40.3 Å². The predicted octanol–water partition coefficient (Wildman–Crippen LogP) is 5.57. The molecule has 3 aliphatic heterocycles. The van der Waals surface area contributed by atoms with Gasteiger partial charge in [0.15, 0.2) is 25.5 Å². The molecule has 0 bridgehead atoms. The van der Waals surface area contributed by atoms with Crippen molar-refractivity contribution in [3.05, 3.63) is 120 Å². The first-order chi connectivity index (χ1) is 16.9. The van der Waals surface area contributed by atoms with Crippen molar-refractivity contribution in [2.24, 2.45) is 0 Å². The minimum atomic E-state index is -0.580. The van der Waals surface area contributed by atoms with Gasteiger partial charge in [0.2, 0.25) is 0 Å². The molecule has 0 unspecified atom stereocenters. The summed E-state index contributed by atoms with van der Waals surface area (Å²) in [5.41, 5.74) is 7.26. The van der Waals surface area contributed by atoms with Crippen LogP contribution in [0.3, 0.4) is 0 Å². The largest absolute Gasteiger partial charge is 0.541 e. The van der Waals surface area contributed by atoms with E-state index in [0.29, 0.717) is 0 Å². The third-order valence-electron chi connectivity index (χ3n) is 7.14. The lowest BCUT2D eigenvalue weighted by Crippen LogP contribution is -2.76. The fourth-order valence-electron chi connectivity index (χ4n) is 5.83. The molecule has 3 heterocycles. The summed E-state index contributed by atoms with van der Waals surface area (Å²) in [5, 5.41) is 0. The summed E-state index contributed by atoms with van der Waals surface area (Å²) in [5.74, 6) is -0.580. The Morgan fingerprint density at radius 2 is 0.912 bits per heavy atom. The summed E-state index contributed by atoms with van der Waals surface area (Å²) >= 11 is 0. The van der Waals surface area contributed by atoms with Gasteiger partial charge in [0.25, 0.3) is 0 Å². The maximum atomic E-state index is 2.53. The Kier molecular flexibility index (Phi) is 4.21. The minimum absolute atomic E-state index is 0.580. The third-order valence-corrected chi connectivity index (χ3v) is 7.14. The number of anilines is 4. The van der Waals surface area contributed by atoms with Crippen molar-refractivity contribution in [2.75, 3.05) is 22.9 Å². The van der Waals surface area contributed by atoms with Crippen LogP contribution in [0.2, 0.25) is 0 Å². The van der Waals surface area contributed by atoms with Gasteiger partial charge in [-0.15, -0.1) is 9.15 Å². The van der Waals surface area contributed by atoms with E-state index in [4.69, 9.17) is 0 Å². The van der Waals surface area contributed by atoms with Crippen LogP contribution in [0.15, 0.2) is 109 Å². The molecule has 0 aliphatic carbocycles. The third kappa shape index (κ3) is 2.59. The van der Waals surface area contributed by atoms with Crippen LogP contribution < -0.4 is 9.80 Å². The van der Waals surface area contributed by atoms with Crippen LogP contribution in [0.1, 0.15) is 17.5 Å². The zero-order chi connectivity index (χ0) is 22.5. The van der Waals surface area contributed by atoms with Crippen LogP contribution in [0.25, 0.3) is 0 Å². The molecule has 164 valence electrons. The number of rotatable bonds is 2. The second-order valence-corrected chi connectivity index (χ2v) is 9.06. The highest BCUT2D eigenvalue weighted by molar-refractivity contribution is 5.94. The zero-order valence-electron chi connectivity index (χ0n) is 19.0. The average molecular weight is 443 g/mol. The first kappa shape index (κ1) is 19.3. The number of hydrogen-bond donors (Lipinski definition) is 0. The van der Waals surface area contributed by atoms with Crippen LogP contribution >= 0.6 is 0 Å². The van der Waals surface area contributed by atoms with Crippen molar-refractivity contribution in [3.63, 3.8) is 0 Å². The maximum Gasteiger partial charge on any atom is 0.541 e. The lowest BCUT2D eigenvalue weighted by atomic mass is 10.0. The Hall–Kier alpha value is -4.18. The summed E-state index contributed by atoms with van der Waals surface area (Å²) < 4.78 is 5.07. The summed E-state index contributed by atoms with van der Waals surface area (Å²) in [4.78, 5) is 5.06.